The maximum absolute atomic E-state index is 10.4. The van der Waals surface area contributed by atoms with Crippen molar-refractivity contribution in [1.82, 2.24) is 9.97 Å². The van der Waals surface area contributed by atoms with Crippen molar-refractivity contribution in [2.75, 3.05) is 0 Å². The number of carbonyl (C=O) groups is 1. The second-order valence-corrected chi connectivity index (χ2v) is 4.97. The molecule has 0 fully saturated rings. The first-order valence-corrected chi connectivity index (χ1v) is 6.57. The highest BCUT2D eigenvalue weighted by atomic mass is 79.9. The zero-order valence-corrected chi connectivity index (χ0v) is 12.3. The molecular weight excluding hydrogens is 348 g/mol. The molecule has 102 valence electrons. The molecule has 2 aromatic rings. The second kappa shape index (κ2) is 6.49. The standard InChI is InChI=1S/C13H8BrClN2O3/c14-9-2-3-10(15)11(5-9)20-13-16-6-8(7-17-13)1-4-12(18)19/h1-7H,(H,18,19)/b4-1+. The molecule has 7 heteroatoms. The SMILES string of the molecule is O=C(O)/C=C/c1cnc(Oc2cc(Br)ccc2Cl)nc1. The van der Waals surface area contributed by atoms with Crippen molar-refractivity contribution in [2.24, 2.45) is 0 Å². The lowest BCUT2D eigenvalue weighted by molar-refractivity contribution is -0.131. The van der Waals surface area contributed by atoms with Crippen LogP contribution in [0, 0.1) is 0 Å². The maximum atomic E-state index is 10.4. The summed E-state index contributed by atoms with van der Waals surface area (Å²) in [6.45, 7) is 0. The molecule has 0 saturated heterocycles. The first-order chi connectivity index (χ1) is 9.54. The van der Waals surface area contributed by atoms with Crippen LogP contribution in [0.3, 0.4) is 0 Å². The maximum Gasteiger partial charge on any atom is 0.328 e. The van der Waals surface area contributed by atoms with Gasteiger partial charge in [-0.2, -0.15) is 0 Å². The van der Waals surface area contributed by atoms with Crippen molar-refractivity contribution in [2.45, 2.75) is 0 Å². The Kier molecular flexibility index (Phi) is 4.70. The Morgan fingerprint density at radius 1 is 1.35 bits per heavy atom. The van der Waals surface area contributed by atoms with Crippen LogP contribution in [0.4, 0.5) is 0 Å². The van der Waals surface area contributed by atoms with E-state index in [4.69, 9.17) is 21.4 Å². The third-order valence-electron chi connectivity index (χ3n) is 2.16. The number of aliphatic carboxylic acids is 1. The summed E-state index contributed by atoms with van der Waals surface area (Å²) >= 11 is 9.30. The molecule has 0 unspecified atom stereocenters. The van der Waals surface area contributed by atoms with Gasteiger partial charge >= 0.3 is 12.0 Å². The van der Waals surface area contributed by atoms with E-state index in [1.807, 2.05) is 0 Å². The van der Waals surface area contributed by atoms with E-state index < -0.39 is 5.97 Å². The summed E-state index contributed by atoms with van der Waals surface area (Å²) in [6.07, 6.45) is 5.30. The molecule has 5 nitrogen and oxygen atoms in total. The fourth-order valence-corrected chi connectivity index (χ4v) is 1.78. The Morgan fingerprint density at radius 3 is 2.70 bits per heavy atom. The zero-order chi connectivity index (χ0) is 14.5. The number of carboxylic acids is 1. The predicted octanol–water partition coefficient (Wildman–Crippen LogP) is 3.78. The molecule has 0 saturated carbocycles. The molecule has 0 aliphatic heterocycles. The predicted molar refractivity (Wildman–Crippen MR) is 77.9 cm³/mol. The fourth-order valence-electron chi connectivity index (χ4n) is 1.29. The summed E-state index contributed by atoms with van der Waals surface area (Å²) in [5, 5.41) is 8.95. The van der Waals surface area contributed by atoms with Crippen LogP contribution in [-0.2, 0) is 4.79 Å². The van der Waals surface area contributed by atoms with Crippen molar-refractivity contribution in [3.05, 3.63) is 51.7 Å². The largest absolute Gasteiger partial charge is 0.478 e. The van der Waals surface area contributed by atoms with Crippen LogP contribution in [0.15, 0.2) is 41.1 Å². The van der Waals surface area contributed by atoms with Crippen molar-refractivity contribution in [3.8, 4) is 11.8 Å². The molecule has 0 atom stereocenters. The number of carboxylic acid groups (broad SMARTS) is 1. The number of nitrogens with zero attached hydrogens (tertiary/aromatic N) is 2. The zero-order valence-electron chi connectivity index (χ0n) is 9.96. The Hall–Kier alpha value is -1.92. The van der Waals surface area contributed by atoms with Crippen LogP contribution >= 0.6 is 27.5 Å². The van der Waals surface area contributed by atoms with Gasteiger partial charge in [-0.3, -0.25) is 0 Å². The van der Waals surface area contributed by atoms with E-state index in [2.05, 4.69) is 25.9 Å². The van der Waals surface area contributed by atoms with E-state index in [1.54, 1.807) is 18.2 Å². The van der Waals surface area contributed by atoms with E-state index in [9.17, 15) is 4.79 Å². The first kappa shape index (κ1) is 14.5. The quantitative estimate of drug-likeness (QED) is 0.845. The normalized spacial score (nSPS) is 10.7. The lowest BCUT2D eigenvalue weighted by Gasteiger charge is -2.06. The third kappa shape index (κ3) is 4.04. The van der Waals surface area contributed by atoms with Gasteiger partial charge in [0.1, 0.15) is 0 Å². The smallest absolute Gasteiger partial charge is 0.328 e. The number of aromatic nitrogens is 2. The topological polar surface area (TPSA) is 72.3 Å². The van der Waals surface area contributed by atoms with Gasteiger partial charge in [-0.25, -0.2) is 14.8 Å². The molecular formula is C13H8BrClN2O3. The summed E-state index contributed by atoms with van der Waals surface area (Å²) in [5.41, 5.74) is 0.556. The summed E-state index contributed by atoms with van der Waals surface area (Å²) < 4.78 is 6.26. The molecule has 0 aliphatic rings. The molecule has 1 N–H and O–H groups in total. The van der Waals surface area contributed by atoms with Crippen LogP contribution in [0.5, 0.6) is 11.8 Å². The lowest BCUT2D eigenvalue weighted by Crippen LogP contribution is -1.93. The van der Waals surface area contributed by atoms with E-state index in [0.717, 1.165) is 10.5 Å². The molecule has 0 spiro atoms. The highest BCUT2D eigenvalue weighted by Gasteiger charge is 2.06. The van der Waals surface area contributed by atoms with Gasteiger partial charge in [0, 0.05) is 28.5 Å². The number of halogens is 2. The van der Waals surface area contributed by atoms with E-state index >= 15 is 0 Å². The van der Waals surface area contributed by atoms with Gasteiger partial charge in [-0.05, 0) is 24.3 Å². The lowest BCUT2D eigenvalue weighted by atomic mass is 10.3. The average molecular weight is 356 g/mol. The summed E-state index contributed by atoms with van der Waals surface area (Å²) in [4.78, 5) is 18.3. The van der Waals surface area contributed by atoms with Crippen LogP contribution in [0.25, 0.3) is 6.08 Å². The molecule has 0 amide bonds. The highest BCUT2D eigenvalue weighted by molar-refractivity contribution is 9.10. The van der Waals surface area contributed by atoms with Gasteiger partial charge in [0.05, 0.1) is 5.02 Å². The average Bonchev–Trinajstić information content (AvgIpc) is 2.42. The number of ether oxygens (including phenoxy) is 1. The number of hydrogen-bond acceptors (Lipinski definition) is 4. The van der Waals surface area contributed by atoms with Crippen LogP contribution in [0.1, 0.15) is 5.56 Å². The molecule has 0 aliphatic carbocycles. The minimum atomic E-state index is -1.04. The summed E-state index contributed by atoms with van der Waals surface area (Å²) in [5.74, 6) is -0.610. The van der Waals surface area contributed by atoms with Crippen molar-refractivity contribution >= 4 is 39.6 Å². The molecule has 2 rings (SSSR count). The molecule has 20 heavy (non-hydrogen) atoms. The fraction of sp³-hybridized carbons (Fsp3) is 0. The van der Waals surface area contributed by atoms with Crippen LogP contribution in [-0.4, -0.2) is 21.0 Å². The van der Waals surface area contributed by atoms with Crippen LogP contribution in [0.2, 0.25) is 5.02 Å². The summed E-state index contributed by atoms with van der Waals surface area (Å²) in [6, 6.07) is 5.29. The Morgan fingerprint density at radius 2 is 2.05 bits per heavy atom. The number of hydrogen-bond donors (Lipinski definition) is 1. The summed E-state index contributed by atoms with van der Waals surface area (Å²) in [7, 11) is 0. The molecule has 1 heterocycles. The van der Waals surface area contributed by atoms with E-state index in [0.29, 0.717) is 16.3 Å². The van der Waals surface area contributed by atoms with Gasteiger partial charge in [0.2, 0.25) is 0 Å². The van der Waals surface area contributed by atoms with Crippen LogP contribution < -0.4 is 4.74 Å². The monoisotopic (exact) mass is 354 g/mol. The third-order valence-corrected chi connectivity index (χ3v) is 2.97. The molecule has 1 aromatic carbocycles. The van der Waals surface area contributed by atoms with Crippen molar-refractivity contribution in [1.29, 1.82) is 0 Å². The molecule has 0 radical (unpaired) electrons. The van der Waals surface area contributed by atoms with E-state index in [-0.39, 0.29) is 6.01 Å². The highest BCUT2D eigenvalue weighted by Crippen LogP contribution is 2.30. The van der Waals surface area contributed by atoms with Gasteiger partial charge in [0.15, 0.2) is 5.75 Å². The first-order valence-electron chi connectivity index (χ1n) is 5.40. The molecule has 0 bridgehead atoms. The Balaban J connectivity index is 2.14. The minimum absolute atomic E-state index is 0.123. The Bertz CT molecular complexity index is 659. The minimum Gasteiger partial charge on any atom is -0.478 e. The van der Waals surface area contributed by atoms with Gasteiger partial charge in [0.25, 0.3) is 0 Å². The van der Waals surface area contributed by atoms with Crippen molar-refractivity contribution in [3.63, 3.8) is 0 Å². The second-order valence-electron chi connectivity index (χ2n) is 3.65. The van der Waals surface area contributed by atoms with E-state index in [1.165, 1.54) is 18.5 Å². The van der Waals surface area contributed by atoms with Gasteiger partial charge in [-0.1, -0.05) is 27.5 Å². The Labute approximate surface area is 128 Å². The van der Waals surface area contributed by atoms with Crippen molar-refractivity contribution < 1.29 is 14.6 Å². The van der Waals surface area contributed by atoms with Gasteiger partial charge in [-0.15, -0.1) is 0 Å². The number of rotatable bonds is 4. The number of benzene rings is 1. The molecule has 1 aromatic heterocycles. The van der Waals surface area contributed by atoms with Gasteiger partial charge < -0.3 is 9.84 Å².